The van der Waals surface area contributed by atoms with Crippen LogP contribution in [0.5, 0.6) is 0 Å². The van der Waals surface area contributed by atoms with Gasteiger partial charge in [-0.25, -0.2) is 15.0 Å². The quantitative estimate of drug-likeness (QED) is 0.0770. The number of nitrogens with zero attached hydrogens (tertiary/aromatic N) is 3. The van der Waals surface area contributed by atoms with Crippen LogP contribution in [0.2, 0.25) is 0 Å². The summed E-state index contributed by atoms with van der Waals surface area (Å²) in [6.45, 7) is 6.90. The normalized spacial score (nSPS) is 11.5. The first-order chi connectivity index (χ1) is 20.8. The van der Waals surface area contributed by atoms with Crippen molar-refractivity contribution in [2.45, 2.75) is 233 Å². The summed E-state index contributed by atoms with van der Waals surface area (Å²) in [6, 6.07) is 0. The zero-order valence-corrected chi connectivity index (χ0v) is 29.2. The van der Waals surface area contributed by atoms with Crippen molar-refractivity contribution in [3.05, 3.63) is 17.5 Å². The molecule has 0 radical (unpaired) electrons. The van der Waals surface area contributed by atoms with E-state index in [9.17, 15) is 0 Å². The highest BCUT2D eigenvalue weighted by atomic mass is 15.0. The van der Waals surface area contributed by atoms with E-state index >= 15 is 0 Å². The van der Waals surface area contributed by atoms with Crippen molar-refractivity contribution in [3.8, 4) is 0 Å². The van der Waals surface area contributed by atoms with Crippen LogP contribution in [0, 0.1) is 0 Å². The van der Waals surface area contributed by atoms with Gasteiger partial charge in [0.2, 0.25) is 0 Å². The van der Waals surface area contributed by atoms with E-state index in [0.717, 1.165) is 36.7 Å². The lowest BCUT2D eigenvalue weighted by Crippen LogP contribution is -2.08. The topological polar surface area (TPSA) is 38.7 Å². The zero-order chi connectivity index (χ0) is 30.2. The van der Waals surface area contributed by atoms with Gasteiger partial charge >= 0.3 is 0 Å². The molecule has 1 aromatic heterocycles. The molecule has 42 heavy (non-hydrogen) atoms. The van der Waals surface area contributed by atoms with Gasteiger partial charge in [-0.15, -0.1) is 0 Å². The second-order valence-corrected chi connectivity index (χ2v) is 13.4. The first-order valence-corrected chi connectivity index (χ1v) is 19.5. The summed E-state index contributed by atoms with van der Waals surface area (Å²) in [5.74, 6) is 3.23. The molecule has 1 rings (SSSR count). The molecule has 0 unspecified atom stereocenters. The van der Waals surface area contributed by atoms with Crippen LogP contribution in [-0.2, 0) is 19.3 Å². The summed E-state index contributed by atoms with van der Waals surface area (Å²) >= 11 is 0. The molecule has 0 aliphatic rings. The average molecular weight is 586 g/mol. The molecule has 0 fully saturated rings. The molecule has 3 heteroatoms. The first-order valence-electron chi connectivity index (χ1n) is 19.5. The Labute approximate surface area is 264 Å². The molecule has 246 valence electrons. The number of unbranched alkanes of at least 4 members (excludes halogenated alkanes) is 27. The lowest BCUT2D eigenvalue weighted by atomic mass is 10.1. The third-order valence-corrected chi connectivity index (χ3v) is 9.04. The first kappa shape index (κ1) is 39.0. The minimum Gasteiger partial charge on any atom is -0.218 e. The van der Waals surface area contributed by atoms with Crippen molar-refractivity contribution >= 4 is 0 Å². The maximum Gasteiger partial charge on any atom is 0.132 e. The number of aromatic nitrogens is 3. The van der Waals surface area contributed by atoms with Crippen LogP contribution >= 0.6 is 0 Å². The minimum atomic E-state index is 1.04. The second kappa shape index (κ2) is 31.4. The van der Waals surface area contributed by atoms with E-state index in [2.05, 4.69) is 20.8 Å². The van der Waals surface area contributed by atoms with E-state index in [4.69, 9.17) is 15.0 Å². The highest BCUT2D eigenvalue weighted by molar-refractivity contribution is 4.99. The van der Waals surface area contributed by atoms with Gasteiger partial charge in [0.1, 0.15) is 17.5 Å². The van der Waals surface area contributed by atoms with Crippen molar-refractivity contribution in [1.29, 1.82) is 0 Å². The van der Waals surface area contributed by atoms with E-state index in [0.29, 0.717) is 0 Å². The Morgan fingerprint density at radius 2 is 0.405 bits per heavy atom. The van der Waals surface area contributed by atoms with Crippen LogP contribution in [0.3, 0.4) is 0 Å². The molecule has 0 atom stereocenters. The fraction of sp³-hybridized carbons (Fsp3) is 0.923. The number of aryl methyl sites for hydroxylation is 3. The fourth-order valence-corrected chi connectivity index (χ4v) is 6.17. The van der Waals surface area contributed by atoms with Crippen LogP contribution in [0.25, 0.3) is 0 Å². The molecule has 0 amide bonds. The van der Waals surface area contributed by atoms with E-state index in [1.807, 2.05) is 0 Å². The van der Waals surface area contributed by atoms with Gasteiger partial charge in [0.15, 0.2) is 0 Å². The number of rotatable bonds is 33. The lowest BCUT2D eigenvalue weighted by molar-refractivity contribution is 0.545. The van der Waals surface area contributed by atoms with Gasteiger partial charge in [-0.1, -0.05) is 194 Å². The average Bonchev–Trinajstić information content (AvgIpc) is 3.00. The fourth-order valence-electron chi connectivity index (χ4n) is 6.17. The maximum absolute atomic E-state index is 4.96. The second-order valence-electron chi connectivity index (χ2n) is 13.4. The van der Waals surface area contributed by atoms with Gasteiger partial charge in [0, 0.05) is 19.3 Å². The van der Waals surface area contributed by atoms with Gasteiger partial charge in [-0.05, 0) is 19.3 Å². The van der Waals surface area contributed by atoms with Crippen LogP contribution < -0.4 is 0 Å². The Kier molecular flexibility index (Phi) is 29.2. The van der Waals surface area contributed by atoms with Gasteiger partial charge in [0.05, 0.1) is 0 Å². The Balaban J connectivity index is 2.35. The van der Waals surface area contributed by atoms with Crippen molar-refractivity contribution in [2.75, 3.05) is 0 Å². The minimum absolute atomic E-state index is 1.04. The summed E-state index contributed by atoms with van der Waals surface area (Å²) in [4.78, 5) is 14.9. The summed E-state index contributed by atoms with van der Waals surface area (Å²) in [5, 5.41) is 0. The molecule has 0 N–H and O–H groups in total. The molecular weight excluding hydrogens is 510 g/mol. The summed E-state index contributed by atoms with van der Waals surface area (Å²) in [7, 11) is 0. The summed E-state index contributed by atoms with van der Waals surface area (Å²) in [5.41, 5.74) is 0. The molecular formula is C39H75N3. The third kappa shape index (κ3) is 25.5. The lowest BCUT2D eigenvalue weighted by Gasteiger charge is -2.08. The van der Waals surface area contributed by atoms with Crippen LogP contribution in [0.4, 0.5) is 0 Å². The molecule has 0 aliphatic carbocycles. The molecule has 0 aromatic carbocycles. The zero-order valence-electron chi connectivity index (χ0n) is 29.2. The Bertz CT molecular complexity index is 571. The molecule has 1 aromatic rings. The van der Waals surface area contributed by atoms with E-state index in [-0.39, 0.29) is 0 Å². The van der Waals surface area contributed by atoms with Crippen LogP contribution in [-0.4, -0.2) is 15.0 Å². The molecule has 0 aliphatic heterocycles. The Hall–Kier alpha value is -0.990. The highest BCUT2D eigenvalue weighted by Gasteiger charge is 2.08. The van der Waals surface area contributed by atoms with Crippen LogP contribution in [0.1, 0.15) is 231 Å². The highest BCUT2D eigenvalue weighted by Crippen LogP contribution is 2.15. The predicted octanol–water partition coefficient (Wildman–Crippen LogP) is 13.3. The Morgan fingerprint density at radius 3 is 0.595 bits per heavy atom. The van der Waals surface area contributed by atoms with E-state index in [1.165, 1.54) is 193 Å². The van der Waals surface area contributed by atoms with E-state index < -0.39 is 0 Å². The van der Waals surface area contributed by atoms with Gasteiger partial charge in [-0.3, -0.25) is 0 Å². The van der Waals surface area contributed by atoms with Crippen molar-refractivity contribution in [1.82, 2.24) is 15.0 Å². The Morgan fingerprint density at radius 1 is 0.238 bits per heavy atom. The molecule has 3 nitrogen and oxygen atoms in total. The number of hydrogen-bond donors (Lipinski definition) is 0. The smallest absolute Gasteiger partial charge is 0.132 e. The van der Waals surface area contributed by atoms with Crippen molar-refractivity contribution in [3.63, 3.8) is 0 Å². The predicted molar refractivity (Wildman–Crippen MR) is 186 cm³/mol. The molecule has 0 saturated carbocycles. The molecule has 0 saturated heterocycles. The van der Waals surface area contributed by atoms with Crippen molar-refractivity contribution < 1.29 is 0 Å². The summed E-state index contributed by atoms with van der Waals surface area (Å²) < 4.78 is 0. The van der Waals surface area contributed by atoms with Gasteiger partial charge in [0.25, 0.3) is 0 Å². The third-order valence-electron chi connectivity index (χ3n) is 9.04. The van der Waals surface area contributed by atoms with Gasteiger partial charge in [-0.2, -0.15) is 0 Å². The van der Waals surface area contributed by atoms with Crippen LogP contribution in [0.15, 0.2) is 0 Å². The molecule has 1 heterocycles. The SMILES string of the molecule is CCCCCCCCCCCCc1nc(CCCCCCCCCCCC)nc(CCCCCCCCCCCC)n1. The maximum atomic E-state index is 4.96. The van der Waals surface area contributed by atoms with Gasteiger partial charge < -0.3 is 0 Å². The molecule has 0 bridgehead atoms. The van der Waals surface area contributed by atoms with E-state index in [1.54, 1.807) is 0 Å². The number of hydrogen-bond acceptors (Lipinski definition) is 3. The monoisotopic (exact) mass is 586 g/mol. The largest absolute Gasteiger partial charge is 0.218 e. The van der Waals surface area contributed by atoms with Crippen molar-refractivity contribution in [2.24, 2.45) is 0 Å². The summed E-state index contributed by atoms with van der Waals surface area (Å²) in [6.07, 6.45) is 44.5. The molecule has 0 spiro atoms. The standard InChI is InChI=1S/C39H75N3/c1-4-7-10-13-16-19-22-25-28-31-34-37-40-38(35-32-29-26-23-20-17-14-11-8-5-2)42-39(41-37)36-33-30-27-24-21-18-15-12-9-6-3/h4-36H2,1-3H3.